The first kappa shape index (κ1) is 14.9. The van der Waals surface area contributed by atoms with Crippen LogP contribution in [0.1, 0.15) is 25.5 Å². The van der Waals surface area contributed by atoms with Crippen molar-refractivity contribution in [3.63, 3.8) is 0 Å². The van der Waals surface area contributed by atoms with E-state index in [2.05, 4.69) is 19.2 Å². The van der Waals surface area contributed by atoms with Gasteiger partial charge >= 0.3 is 0 Å². The number of thioether (sulfide) groups is 1. The zero-order chi connectivity index (χ0) is 14.5. The summed E-state index contributed by atoms with van der Waals surface area (Å²) in [4.78, 5) is 25.2. The molecular formula is C15H20N2O2S. The van der Waals surface area contributed by atoms with Crippen LogP contribution < -0.4 is 5.32 Å². The molecule has 1 N–H and O–H groups in total. The fourth-order valence-electron chi connectivity index (χ4n) is 2.26. The minimum Gasteiger partial charge on any atom is -0.347 e. The average Bonchev–Trinajstić information content (AvgIpc) is 2.82. The minimum absolute atomic E-state index is 0.000887. The Kier molecular flexibility index (Phi) is 5.06. The fraction of sp³-hybridized carbons (Fsp3) is 0.467. The van der Waals surface area contributed by atoms with Crippen LogP contribution in [0.15, 0.2) is 30.3 Å². The maximum absolute atomic E-state index is 12.1. The minimum atomic E-state index is -0.0941. The summed E-state index contributed by atoms with van der Waals surface area (Å²) in [5.74, 6) is 0.978. The predicted molar refractivity (Wildman–Crippen MR) is 81.6 cm³/mol. The predicted octanol–water partition coefficient (Wildman–Crippen LogP) is 2.67. The van der Waals surface area contributed by atoms with Gasteiger partial charge in [-0.15, -0.1) is 0 Å². The number of hydrogen-bond donors (Lipinski definition) is 1. The van der Waals surface area contributed by atoms with Gasteiger partial charge in [0, 0.05) is 12.3 Å². The SMILES string of the molecule is CC(C)C(NC(=O)CN1CCSC1=O)c1ccccc1. The van der Waals surface area contributed by atoms with Crippen LogP contribution in [0, 0.1) is 5.92 Å². The Balaban J connectivity index is 1.98. The van der Waals surface area contributed by atoms with Crippen molar-refractivity contribution in [3.8, 4) is 0 Å². The van der Waals surface area contributed by atoms with E-state index >= 15 is 0 Å². The second kappa shape index (κ2) is 6.79. The number of benzene rings is 1. The number of nitrogens with zero attached hydrogens (tertiary/aromatic N) is 1. The van der Waals surface area contributed by atoms with Gasteiger partial charge in [-0.3, -0.25) is 9.59 Å². The van der Waals surface area contributed by atoms with Gasteiger partial charge in [-0.25, -0.2) is 0 Å². The van der Waals surface area contributed by atoms with E-state index < -0.39 is 0 Å². The van der Waals surface area contributed by atoms with Gasteiger partial charge in [-0.1, -0.05) is 55.9 Å². The average molecular weight is 292 g/mol. The Morgan fingerprint density at radius 3 is 2.60 bits per heavy atom. The number of carbonyl (C=O) groups is 2. The van der Waals surface area contributed by atoms with Gasteiger partial charge in [0.15, 0.2) is 0 Å². The molecular weight excluding hydrogens is 272 g/mol. The van der Waals surface area contributed by atoms with Crippen LogP contribution in [0.25, 0.3) is 0 Å². The summed E-state index contributed by atoms with van der Waals surface area (Å²) >= 11 is 1.28. The molecule has 0 saturated carbocycles. The molecule has 4 nitrogen and oxygen atoms in total. The van der Waals surface area contributed by atoms with Crippen LogP contribution in [-0.4, -0.2) is 34.9 Å². The van der Waals surface area contributed by atoms with Crippen LogP contribution in [-0.2, 0) is 4.79 Å². The lowest BCUT2D eigenvalue weighted by atomic mass is 9.96. The monoisotopic (exact) mass is 292 g/mol. The van der Waals surface area contributed by atoms with E-state index in [9.17, 15) is 9.59 Å². The van der Waals surface area contributed by atoms with E-state index in [1.165, 1.54) is 11.8 Å². The highest BCUT2D eigenvalue weighted by molar-refractivity contribution is 8.13. The standard InChI is InChI=1S/C15H20N2O2S/c1-11(2)14(12-6-4-3-5-7-12)16-13(18)10-17-8-9-20-15(17)19/h3-7,11,14H,8-10H2,1-2H3,(H,16,18). The summed E-state index contributed by atoms with van der Waals surface area (Å²) in [6.07, 6.45) is 0. The maximum atomic E-state index is 12.1. The second-order valence-corrected chi connectivity index (χ2v) is 6.28. The molecule has 5 heteroatoms. The number of amides is 2. The molecule has 1 aliphatic rings. The largest absolute Gasteiger partial charge is 0.347 e. The van der Waals surface area contributed by atoms with Gasteiger partial charge in [0.05, 0.1) is 6.04 Å². The Bertz CT molecular complexity index is 476. The Morgan fingerprint density at radius 1 is 1.35 bits per heavy atom. The van der Waals surface area contributed by atoms with Crippen molar-refractivity contribution in [3.05, 3.63) is 35.9 Å². The van der Waals surface area contributed by atoms with Gasteiger partial charge < -0.3 is 10.2 Å². The molecule has 1 saturated heterocycles. The lowest BCUT2D eigenvalue weighted by Gasteiger charge is -2.24. The van der Waals surface area contributed by atoms with E-state index in [1.807, 2.05) is 30.3 Å². The molecule has 1 fully saturated rings. The lowest BCUT2D eigenvalue weighted by molar-refractivity contribution is -0.122. The molecule has 1 aromatic rings. The van der Waals surface area contributed by atoms with E-state index in [0.717, 1.165) is 11.3 Å². The highest BCUT2D eigenvalue weighted by atomic mass is 32.2. The molecule has 108 valence electrons. The lowest BCUT2D eigenvalue weighted by Crippen LogP contribution is -2.40. The topological polar surface area (TPSA) is 49.4 Å². The first-order valence-electron chi connectivity index (χ1n) is 6.84. The Hall–Kier alpha value is -1.49. The van der Waals surface area contributed by atoms with Crippen LogP contribution >= 0.6 is 11.8 Å². The molecule has 2 amide bonds. The van der Waals surface area contributed by atoms with Crippen LogP contribution in [0.3, 0.4) is 0 Å². The molecule has 0 aliphatic carbocycles. The van der Waals surface area contributed by atoms with Crippen LogP contribution in [0.2, 0.25) is 0 Å². The van der Waals surface area contributed by atoms with E-state index in [4.69, 9.17) is 0 Å². The maximum Gasteiger partial charge on any atom is 0.282 e. The number of carbonyl (C=O) groups excluding carboxylic acids is 2. The molecule has 0 radical (unpaired) electrons. The summed E-state index contributed by atoms with van der Waals surface area (Å²) in [6, 6.07) is 9.91. The molecule has 0 spiro atoms. The number of hydrogen-bond acceptors (Lipinski definition) is 3. The van der Waals surface area contributed by atoms with E-state index in [1.54, 1.807) is 4.90 Å². The van der Waals surface area contributed by atoms with E-state index in [0.29, 0.717) is 12.5 Å². The number of rotatable bonds is 5. The van der Waals surface area contributed by atoms with Crippen molar-refractivity contribution >= 4 is 22.9 Å². The van der Waals surface area contributed by atoms with Crippen molar-refractivity contribution in [2.75, 3.05) is 18.8 Å². The van der Waals surface area contributed by atoms with Crippen LogP contribution in [0.4, 0.5) is 4.79 Å². The third-order valence-corrected chi connectivity index (χ3v) is 4.21. The summed E-state index contributed by atoms with van der Waals surface area (Å²) in [6.45, 7) is 4.97. The molecule has 1 aliphatic heterocycles. The third-order valence-electron chi connectivity index (χ3n) is 3.32. The summed E-state index contributed by atoms with van der Waals surface area (Å²) in [5.41, 5.74) is 1.10. The molecule has 1 atom stereocenters. The quantitative estimate of drug-likeness (QED) is 0.907. The van der Waals surface area contributed by atoms with Gasteiger partial charge in [0.1, 0.15) is 6.54 Å². The van der Waals surface area contributed by atoms with Crippen molar-refractivity contribution < 1.29 is 9.59 Å². The summed E-state index contributed by atoms with van der Waals surface area (Å²) in [5, 5.41) is 3.04. The van der Waals surface area contributed by atoms with Crippen LogP contribution in [0.5, 0.6) is 0 Å². The molecule has 1 aromatic carbocycles. The zero-order valence-corrected chi connectivity index (χ0v) is 12.7. The smallest absolute Gasteiger partial charge is 0.282 e. The number of nitrogens with one attached hydrogen (secondary N) is 1. The van der Waals surface area contributed by atoms with Gasteiger partial charge in [-0.2, -0.15) is 0 Å². The Morgan fingerprint density at radius 2 is 2.05 bits per heavy atom. The van der Waals surface area contributed by atoms with Crippen molar-refractivity contribution in [2.24, 2.45) is 5.92 Å². The van der Waals surface area contributed by atoms with Crippen molar-refractivity contribution in [1.29, 1.82) is 0 Å². The fourth-order valence-corrected chi connectivity index (χ4v) is 3.08. The molecule has 2 rings (SSSR count). The summed E-state index contributed by atoms with van der Waals surface area (Å²) in [7, 11) is 0. The molecule has 0 bridgehead atoms. The Labute approximate surface area is 123 Å². The molecule has 0 aromatic heterocycles. The highest BCUT2D eigenvalue weighted by Gasteiger charge is 2.25. The van der Waals surface area contributed by atoms with Crippen molar-refractivity contribution in [1.82, 2.24) is 10.2 Å². The van der Waals surface area contributed by atoms with E-state index in [-0.39, 0.29) is 23.7 Å². The zero-order valence-electron chi connectivity index (χ0n) is 11.8. The first-order chi connectivity index (χ1) is 9.58. The summed E-state index contributed by atoms with van der Waals surface area (Å²) < 4.78 is 0. The van der Waals surface area contributed by atoms with Gasteiger partial charge in [-0.05, 0) is 11.5 Å². The third kappa shape index (κ3) is 3.76. The van der Waals surface area contributed by atoms with Gasteiger partial charge in [0.25, 0.3) is 5.24 Å². The van der Waals surface area contributed by atoms with Gasteiger partial charge in [0.2, 0.25) is 5.91 Å². The second-order valence-electron chi connectivity index (χ2n) is 5.24. The molecule has 1 heterocycles. The highest BCUT2D eigenvalue weighted by Crippen LogP contribution is 2.22. The van der Waals surface area contributed by atoms with Crippen molar-refractivity contribution in [2.45, 2.75) is 19.9 Å². The molecule has 1 unspecified atom stereocenters. The molecule has 20 heavy (non-hydrogen) atoms. The first-order valence-corrected chi connectivity index (χ1v) is 7.82. The normalized spacial score (nSPS) is 16.6.